The summed E-state index contributed by atoms with van der Waals surface area (Å²) in [4.78, 5) is 36.4. The van der Waals surface area contributed by atoms with Gasteiger partial charge in [0, 0.05) is 5.02 Å². The number of hydrogen-bond donors (Lipinski definition) is 2. The molecule has 2 rings (SSSR count). The van der Waals surface area contributed by atoms with Crippen LogP contribution >= 0.6 is 34.5 Å². The Balaban J connectivity index is 2.43. The van der Waals surface area contributed by atoms with Crippen molar-refractivity contribution in [2.24, 2.45) is 5.73 Å². The summed E-state index contributed by atoms with van der Waals surface area (Å²) in [5.74, 6) is -1.93. The lowest BCUT2D eigenvalue weighted by atomic mass is 10.1. The Morgan fingerprint density at radius 3 is 2.56 bits per heavy atom. The number of nitrogens with one attached hydrogen (secondary N) is 1. The van der Waals surface area contributed by atoms with Crippen LogP contribution in [0.1, 0.15) is 42.9 Å². The number of carbonyl (C=O) groups is 3. The number of primary amides is 1. The summed E-state index contributed by atoms with van der Waals surface area (Å²) in [6.45, 7) is 3.41. The maximum absolute atomic E-state index is 12.5. The Morgan fingerprint density at radius 2 is 1.96 bits per heavy atom. The summed E-state index contributed by atoms with van der Waals surface area (Å²) in [7, 11) is 0. The normalized spacial score (nSPS) is 10.4. The second kappa shape index (κ2) is 7.86. The Hall–Kier alpha value is -2.09. The SMILES string of the molecule is CCOC(=O)c1sc(NC(=O)c2cc(Cl)ccc2Cl)c(C(N)=O)c1C. The summed E-state index contributed by atoms with van der Waals surface area (Å²) in [6.07, 6.45) is 0. The van der Waals surface area contributed by atoms with Gasteiger partial charge in [-0.3, -0.25) is 9.59 Å². The smallest absolute Gasteiger partial charge is 0.348 e. The number of benzene rings is 1. The molecule has 25 heavy (non-hydrogen) atoms. The molecule has 9 heteroatoms. The molecule has 1 aromatic carbocycles. The van der Waals surface area contributed by atoms with E-state index in [4.69, 9.17) is 33.7 Å². The van der Waals surface area contributed by atoms with Crippen molar-refractivity contribution in [2.75, 3.05) is 11.9 Å². The number of esters is 1. The van der Waals surface area contributed by atoms with Crippen molar-refractivity contribution in [3.63, 3.8) is 0 Å². The molecular formula is C16H14Cl2N2O4S. The van der Waals surface area contributed by atoms with Crippen LogP contribution in [0.5, 0.6) is 0 Å². The number of halogens is 2. The first-order chi connectivity index (χ1) is 11.8. The fourth-order valence-electron chi connectivity index (χ4n) is 2.13. The molecule has 0 aliphatic heterocycles. The summed E-state index contributed by atoms with van der Waals surface area (Å²) in [6, 6.07) is 4.43. The molecule has 0 bridgehead atoms. The molecule has 0 radical (unpaired) electrons. The van der Waals surface area contributed by atoms with Crippen molar-refractivity contribution in [3.05, 3.63) is 49.8 Å². The van der Waals surface area contributed by atoms with E-state index in [2.05, 4.69) is 5.32 Å². The van der Waals surface area contributed by atoms with Crippen molar-refractivity contribution in [2.45, 2.75) is 13.8 Å². The minimum atomic E-state index is -0.767. The van der Waals surface area contributed by atoms with Crippen molar-refractivity contribution in [1.82, 2.24) is 0 Å². The average molecular weight is 401 g/mol. The van der Waals surface area contributed by atoms with Gasteiger partial charge in [-0.25, -0.2) is 4.79 Å². The molecule has 0 aliphatic rings. The van der Waals surface area contributed by atoms with Crippen LogP contribution in [0, 0.1) is 6.92 Å². The second-order valence-electron chi connectivity index (χ2n) is 4.92. The van der Waals surface area contributed by atoms with E-state index in [1.54, 1.807) is 19.9 Å². The third kappa shape index (κ3) is 4.12. The minimum absolute atomic E-state index is 0.0551. The van der Waals surface area contributed by atoms with Crippen LogP contribution in [0.3, 0.4) is 0 Å². The lowest BCUT2D eigenvalue weighted by molar-refractivity contribution is 0.0531. The van der Waals surface area contributed by atoms with Gasteiger partial charge in [0.2, 0.25) is 0 Å². The molecule has 1 heterocycles. The number of rotatable bonds is 5. The molecule has 6 nitrogen and oxygen atoms in total. The van der Waals surface area contributed by atoms with E-state index in [1.165, 1.54) is 12.1 Å². The predicted octanol–water partition coefficient (Wildman–Crippen LogP) is 3.89. The van der Waals surface area contributed by atoms with Gasteiger partial charge in [-0.15, -0.1) is 11.3 Å². The standard InChI is InChI=1S/C16H14Cl2N2O4S/c1-3-24-16(23)12-7(2)11(13(19)21)15(25-12)20-14(22)9-6-8(17)4-5-10(9)18/h4-6H,3H2,1-2H3,(H2,19,21)(H,20,22). The van der Waals surface area contributed by atoms with Crippen molar-refractivity contribution < 1.29 is 19.1 Å². The largest absolute Gasteiger partial charge is 0.462 e. The van der Waals surface area contributed by atoms with Crippen LogP contribution in [0.4, 0.5) is 5.00 Å². The minimum Gasteiger partial charge on any atom is -0.462 e. The molecule has 0 aliphatic carbocycles. The zero-order valence-electron chi connectivity index (χ0n) is 13.3. The molecule has 132 valence electrons. The summed E-state index contributed by atoms with van der Waals surface area (Å²) in [5.41, 5.74) is 5.93. The molecular weight excluding hydrogens is 387 g/mol. The number of hydrogen-bond acceptors (Lipinski definition) is 5. The van der Waals surface area contributed by atoms with E-state index < -0.39 is 17.8 Å². The molecule has 0 fully saturated rings. The fourth-order valence-corrected chi connectivity index (χ4v) is 3.61. The van der Waals surface area contributed by atoms with Gasteiger partial charge >= 0.3 is 5.97 Å². The zero-order chi connectivity index (χ0) is 18.7. The number of thiophene rings is 1. The maximum Gasteiger partial charge on any atom is 0.348 e. The molecule has 1 aromatic heterocycles. The van der Waals surface area contributed by atoms with Gasteiger partial charge in [0.15, 0.2) is 0 Å². The Morgan fingerprint density at radius 1 is 1.28 bits per heavy atom. The predicted molar refractivity (Wildman–Crippen MR) is 97.9 cm³/mol. The number of carbonyl (C=O) groups excluding carboxylic acids is 3. The van der Waals surface area contributed by atoms with Gasteiger partial charge in [-0.05, 0) is 37.6 Å². The number of nitrogens with two attached hydrogens (primary N) is 1. The van der Waals surface area contributed by atoms with Crippen LogP contribution in [0.25, 0.3) is 0 Å². The first-order valence-corrected chi connectivity index (χ1v) is 8.70. The van der Waals surface area contributed by atoms with Gasteiger partial charge in [0.25, 0.3) is 11.8 Å². The molecule has 0 unspecified atom stereocenters. The van der Waals surface area contributed by atoms with Gasteiger partial charge in [0.05, 0.1) is 22.8 Å². The second-order valence-corrected chi connectivity index (χ2v) is 6.79. The Labute approximate surface area is 157 Å². The first kappa shape index (κ1) is 19.2. The fraction of sp³-hybridized carbons (Fsp3) is 0.188. The molecule has 0 saturated heterocycles. The lowest BCUT2D eigenvalue weighted by Gasteiger charge is -2.07. The van der Waals surface area contributed by atoms with Crippen LogP contribution in [-0.2, 0) is 4.74 Å². The zero-order valence-corrected chi connectivity index (χ0v) is 15.6. The van der Waals surface area contributed by atoms with Crippen molar-refractivity contribution in [1.29, 1.82) is 0 Å². The number of amides is 2. The lowest BCUT2D eigenvalue weighted by Crippen LogP contribution is -2.17. The third-order valence-electron chi connectivity index (χ3n) is 3.25. The van der Waals surface area contributed by atoms with E-state index in [1.807, 2.05) is 0 Å². The van der Waals surface area contributed by atoms with E-state index in [9.17, 15) is 14.4 Å². The van der Waals surface area contributed by atoms with Crippen molar-refractivity contribution in [3.8, 4) is 0 Å². The molecule has 3 N–H and O–H groups in total. The third-order valence-corrected chi connectivity index (χ3v) is 5.01. The molecule has 2 aromatic rings. The van der Waals surface area contributed by atoms with E-state index in [-0.39, 0.29) is 32.6 Å². The highest BCUT2D eigenvalue weighted by atomic mass is 35.5. The average Bonchev–Trinajstić information content (AvgIpc) is 2.86. The van der Waals surface area contributed by atoms with Gasteiger partial charge < -0.3 is 15.8 Å². The quantitative estimate of drug-likeness (QED) is 0.743. The van der Waals surface area contributed by atoms with E-state index in [0.717, 1.165) is 11.3 Å². The van der Waals surface area contributed by atoms with Crippen molar-refractivity contribution >= 4 is 57.3 Å². The van der Waals surface area contributed by atoms with E-state index in [0.29, 0.717) is 10.6 Å². The summed E-state index contributed by atoms with van der Waals surface area (Å²) < 4.78 is 4.95. The highest BCUT2D eigenvalue weighted by Gasteiger charge is 2.25. The van der Waals surface area contributed by atoms with Crippen LogP contribution in [-0.4, -0.2) is 24.4 Å². The topological polar surface area (TPSA) is 98.5 Å². The molecule has 0 atom stereocenters. The van der Waals surface area contributed by atoms with Crippen LogP contribution in [0.2, 0.25) is 10.0 Å². The highest BCUT2D eigenvalue weighted by molar-refractivity contribution is 7.18. The number of ether oxygens (including phenoxy) is 1. The molecule has 2 amide bonds. The Kier molecular flexibility index (Phi) is 6.05. The highest BCUT2D eigenvalue weighted by Crippen LogP contribution is 2.34. The van der Waals surface area contributed by atoms with Gasteiger partial charge in [-0.1, -0.05) is 23.2 Å². The first-order valence-electron chi connectivity index (χ1n) is 7.13. The molecule has 0 saturated carbocycles. The maximum atomic E-state index is 12.5. The number of anilines is 1. The monoisotopic (exact) mass is 400 g/mol. The van der Waals surface area contributed by atoms with Gasteiger partial charge in [-0.2, -0.15) is 0 Å². The molecule has 0 spiro atoms. The summed E-state index contributed by atoms with van der Waals surface area (Å²) >= 11 is 12.8. The Bertz CT molecular complexity index is 864. The van der Waals surface area contributed by atoms with Gasteiger partial charge in [0.1, 0.15) is 9.88 Å². The van der Waals surface area contributed by atoms with E-state index >= 15 is 0 Å². The summed E-state index contributed by atoms with van der Waals surface area (Å²) in [5, 5.41) is 3.24. The van der Waals surface area contributed by atoms with Crippen LogP contribution in [0.15, 0.2) is 18.2 Å². The van der Waals surface area contributed by atoms with Crippen LogP contribution < -0.4 is 11.1 Å².